The molecule has 1 fully saturated rings. The number of likely N-dealkylation sites (N-methyl/N-ethyl adjacent to an activating group) is 1. The average Bonchev–Trinajstić information content (AvgIpc) is 2.67. The van der Waals surface area contributed by atoms with Crippen molar-refractivity contribution in [2.24, 2.45) is 0 Å². The number of H-pyrrole nitrogens is 1. The molecule has 1 aliphatic rings. The van der Waals surface area contributed by atoms with Gasteiger partial charge in [-0.3, -0.25) is 9.59 Å². The number of aromatic amines is 1. The largest absolute Gasteiger partial charge is 0.373 e. The first-order chi connectivity index (χ1) is 13.0. The number of rotatable bonds is 5. The van der Waals surface area contributed by atoms with Crippen molar-refractivity contribution in [2.45, 2.75) is 25.5 Å². The van der Waals surface area contributed by atoms with Crippen LogP contribution in [0.1, 0.15) is 34.6 Å². The standard InChI is InChI=1S/C21H27N3O3/c1-4-17-16(10-11-19(25)22-17)21(26)24-12-13-27-18(14-23(2)3)20(24)15-8-6-5-7-9-15/h5-11,18,20H,4,12-14H2,1-3H3,(H,22,25)/t18-,20-/m0/s1. The third-order valence-electron chi connectivity index (χ3n) is 4.88. The normalized spacial score (nSPS) is 20.1. The number of nitrogens with zero attached hydrogens (tertiary/aromatic N) is 2. The fourth-order valence-electron chi connectivity index (χ4n) is 3.67. The Balaban J connectivity index is 2.00. The quantitative estimate of drug-likeness (QED) is 0.876. The molecular weight excluding hydrogens is 342 g/mol. The molecule has 2 heterocycles. The number of pyridine rings is 1. The van der Waals surface area contributed by atoms with E-state index in [0.717, 1.165) is 12.1 Å². The van der Waals surface area contributed by atoms with Crippen molar-refractivity contribution in [2.75, 3.05) is 33.8 Å². The van der Waals surface area contributed by atoms with Crippen LogP contribution in [-0.2, 0) is 11.2 Å². The Kier molecular flexibility index (Phi) is 6.08. The predicted molar refractivity (Wildman–Crippen MR) is 105 cm³/mol. The smallest absolute Gasteiger partial charge is 0.256 e. The molecule has 1 aliphatic heterocycles. The van der Waals surface area contributed by atoms with E-state index in [-0.39, 0.29) is 23.6 Å². The number of aromatic nitrogens is 1. The van der Waals surface area contributed by atoms with Crippen molar-refractivity contribution in [3.05, 3.63) is 69.6 Å². The van der Waals surface area contributed by atoms with Gasteiger partial charge in [-0.2, -0.15) is 0 Å². The van der Waals surface area contributed by atoms with Crippen LogP contribution < -0.4 is 5.56 Å². The Labute approximate surface area is 159 Å². The van der Waals surface area contributed by atoms with Crippen molar-refractivity contribution >= 4 is 5.91 Å². The molecule has 6 heteroatoms. The van der Waals surface area contributed by atoms with Gasteiger partial charge in [-0.25, -0.2) is 0 Å². The van der Waals surface area contributed by atoms with Crippen LogP contribution in [0.15, 0.2) is 47.3 Å². The summed E-state index contributed by atoms with van der Waals surface area (Å²) in [6, 6.07) is 12.9. The van der Waals surface area contributed by atoms with E-state index in [4.69, 9.17) is 4.74 Å². The fourth-order valence-corrected chi connectivity index (χ4v) is 3.67. The number of ether oxygens (including phenoxy) is 1. The summed E-state index contributed by atoms with van der Waals surface area (Å²) in [7, 11) is 4.01. The van der Waals surface area contributed by atoms with Gasteiger partial charge in [0.15, 0.2) is 0 Å². The molecule has 1 aromatic carbocycles. The summed E-state index contributed by atoms with van der Waals surface area (Å²) in [5.41, 5.74) is 2.11. The van der Waals surface area contributed by atoms with Gasteiger partial charge in [0.05, 0.1) is 24.3 Å². The number of nitrogens with one attached hydrogen (secondary N) is 1. The Bertz CT molecular complexity index is 832. The zero-order valence-corrected chi connectivity index (χ0v) is 16.1. The molecule has 0 radical (unpaired) electrons. The molecule has 6 nitrogen and oxygen atoms in total. The molecule has 27 heavy (non-hydrogen) atoms. The molecule has 2 atom stereocenters. The lowest BCUT2D eigenvalue weighted by Crippen LogP contribution is -2.51. The van der Waals surface area contributed by atoms with Gasteiger partial charge in [0, 0.05) is 24.8 Å². The van der Waals surface area contributed by atoms with Crippen LogP contribution in [-0.4, -0.2) is 60.6 Å². The average molecular weight is 369 g/mol. The number of aryl methyl sites for hydroxylation is 1. The summed E-state index contributed by atoms with van der Waals surface area (Å²) in [4.78, 5) is 31.9. The maximum Gasteiger partial charge on any atom is 0.256 e. The third-order valence-corrected chi connectivity index (χ3v) is 4.88. The minimum Gasteiger partial charge on any atom is -0.373 e. The van der Waals surface area contributed by atoms with E-state index in [1.165, 1.54) is 6.07 Å². The van der Waals surface area contributed by atoms with Crippen LogP contribution in [0.25, 0.3) is 0 Å². The number of carbonyl (C=O) groups is 1. The monoisotopic (exact) mass is 369 g/mol. The Morgan fingerprint density at radius 1 is 1.22 bits per heavy atom. The van der Waals surface area contributed by atoms with E-state index < -0.39 is 0 Å². The van der Waals surface area contributed by atoms with E-state index >= 15 is 0 Å². The zero-order valence-electron chi connectivity index (χ0n) is 16.1. The highest BCUT2D eigenvalue weighted by atomic mass is 16.5. The van der Waals surface area contributed by atoms with E-state index in [1.807, 2.05) is 56.3 Å². The summed E-state index contributed by atoms with van der Waals surface area (Å²) in [6.07, 6.45) is 0.478. The summed E-state index contributed by atoms with van der Waals surface area (Å²) in [5.74, 6) is -0.0657. The summed E-state index contributed by atoms with van der Waals surface area (Å²) in [5, 5.41) is 0. The van der Waals surface area contributed by atoms with Crippen LogP contribution in [0, 0.1) is 0 Å². The lowest BCUT2D eigenvalue weighted by molar-refractivity contribution is -0.0685. The van der Waals surface area contributed by atoms with Crippen LogP contribution in [0.5, 0.6) is 0 Å². The fraction of sp³-hybridized carbons (Fsp3) is 0.429. The second kappa shape index (κ2) is 8.50. The highest BCUT2D eigenvalue weighted by Crippen LogP contribution is 2.31. The molecule has 0 bridgehead atoms. The Morgan fingerprint density at radius 3 is 2.63 bits per heavy atom. The van der Waals surface area contributed by atoms with Gasteiger partial charge in [-0.15, -0.1) is 0 Å². The van der Waals surface area contributed by atoms with Crippen LogP contribution >= 0.6 is 0 Å². The molecule has 144 valence electrons. The number of benzene rings is 1. The highest BCUT2D eigenvalue weighted by Gasteiger charge is 2.37. The minimum atomic E-state index is -0.185. The second-order valence-electron chi connectivity index (χ2n) is 7.09. The SMILES string of the molecule is CCc1[nH]c(=O)ccc1C(=O)N1CCO[C@@H](CN(C)C)[C@@H]1c1ccccc1. The van der Waals surface area contributed by atoms with Crippen molar-refractivity contribution in [1.29, 1.82) is 0 Å². The first kappa shape index (κ1) is 19.3. The van der Waals surface area contributed by atoms with E-state index in [2.05, 4.69) is 9.88 Å². The molecule has 0 unspecified atom stereocenters. The van der Waals surface area contributed by atoms with Crippen molar-refractivity contribution in [3.63, 3.8) is 0 Å². The van der Waals surface area contributed by atoms with Crippen LogP contribution in [0.4, 0.5) is 0 Å². The summed E-state index contributed by atoms with van der Waals surface area (Å²) in [6.45, 7) is 3.67. The maximum atomic E-state index is 13.4. The van der Waals surface area contributed by atoms with Crippen molar-refractivity contribution in [3.8, 4) is 0 Å². The maximum absolute atomic E-state index is 13.4. The van der Waals surface area contributed by atoms with Crippen LogP contribution in [0.2, 0.25) is 0 Å². The lowest BCUT2D eigenvalue weighted by atomic mass is 9.96. The van der Waals surface area contributed by atoms with Gasteiger partial charge in [-0.05, 0) is 32.1 Å². The van der Waals surface area contributed by atoms with Gasteiger partial charge < -0.3 is 19.5 Å². The highest BCUT2D eigenvalue weighted by molar-refractivity contribution is 5.95. The third kappa shape index (κ3) is 4.28. The number of hydrogen-bond acceptors (Lipinski definition) is 4. The molecule has 1 aromatic heterocycles. The second-order valence-corrected chi connectivity index (χ2v) is 7.09. The Hall–Kier alpha value is -2.44. The van der Waals surface area contributed by atoms with Crippen molar-refractivity contribution < 1.29 is 9.53 Å². The van der Waals surface area contributed by atoms with Crippen molar-refractivity contribution in [1.82, 2.24) is 14.8 Å². The van der Waals surface area contributed by atoms with Gasteiger partial charge in [0.2, 0.25) is 5.56 Å². The lowest BCUT2D eigenvalue weighted by Gasteiger charge is -2.42. The minimum absolute atomic E-state index is 0.0657. The number of amides is 1. The molecule has 1 amide bonds. The van der Waals surface area contributed by atoms with E-state index in [1.54, 1.807) is 6.07 Å². The molecule has 3 rings (SSSR count). The van der Waals surface area contributed by atoms with Crippen LogP contribution in [0.3, 0.4) is 0 Å². The van der Waals surface area contributed by atoms with Gasteiger partial charge in [0.1, 0.15) is 0 Å². The number of morpholine rings is 1. The van der Waals surface area contributed by atoms with E-state index in [9.17, 15) is 9.59 Å². The molecular formula is C21H27N3O3. The summed E-state index contributed by atoms with van der Waals surface area (Å²) >= 11 is 0. The molecule has 0 spiro atoms. The zero-order chi connectivity index (χ0) is 19.4. The Morgan fingerprint density at radius 2 is 1.96 bits per heavy atom. The molecule has 1 N–H and O–H groups in total. The van der Waals surface area contributed by atoms with Gasteiger partial charge >= 0.3 is 0 Å². The predicted octanol–water partition coefficient (Wildman–Crippen LogP) is 2.08. The van der Waals surface area contributed by atoms with Gasteiger partial charge in [-0.1, -0.05) is 37.3 Å². The first-order valence-electron chi connectivity index (χ1n) is 9.35. The first-order valence-corrected chi connectivity index (χ1v) is 9.35. The summed E-state index contributed by atoms with van der Waals surface area (Å²) < 4.78 is 6.05. The number of carbonyl (C=O) groups excluding carboxylic acids is 1. The van der Waals surface area contributed by atoms with Gasteiger partial charge in [0.25, 0.3) is 5.91 Å². The number of hydrogen-bond donors (Lipinski definition) is 1. The molecule has 2 aromatic rings. The topological polar surface area (TPSA) is 65.6 Å². The van der Waals surface area contributed by atoms with E-state index in [0.29, 0.717) is 30.8 Å². The molecule has 0 aliphatic carbocycles. The molecule has 0 saturated carbocycles. The molecule has 1 saturated heterocycles.